The lowest BCUT2D eigenvalue weighted by molar-refractivity contribution is -0.112. The highest BCUT2D eigenvalue weighted by atomic mass is 79.9. The monoisotopic (exact) mass is 506 g/mol. The molecule has 0 atom stereocenters. The average molecular weight is 508 g/mol. The number of ether oxygens (including phenoxy) is 2. The minimum atomic E-state index is -0.481. The summed E-state index contributed by atoms with van der Waals surface area (Å²) in [6.07, 6.45) is 2.39. The fraction of sp³-hybridized carbons (Fsp3) is 0.238. The molecular weight excluding hydrogens is 488 g/mol. The predicted octanol–water partition coefficient (Wildman–Crippen LogP) is 5.94. The zero-order valence-electron chi connectivity index (χ0n) is 15.6. The topological polar surface area (TPSA) is 71.3 Å². The average Bonchev–Trinajstić information content (AvgIpc) is 2.67. The van der Waals surface area contributed by atoms with Crippen LogP contribution >= 0.6 is 31.9 Å². The molecule has 146 valence electrons. The van der Waals surface area contributed by atoms with Gasteiger partial charge < -0.3 is 14.8 Å². The van der Waals surface area contributed by atoms with Crippen LogP contribution in [0, 0.1) is 11.3 Å². The Morgan fingerprint density at radius 2 is 1.89 bits per heavy atom. The van der Waals surface area contributed by atoms with Crippen molar-refractivity contribution in [1.82, 2.24) is 0 Å². The van der Waals surface area contributed by atoms with Crippen LogP contribution in [-0.4, -0.2) is 19.1 Å². The number of hydrogen-bond donors (Lipinski definition) is 1. The second-order valence-electron chi connectivity index (χ2n) is 5.74. The molecule has 0 heterocycles. The number of nitrogens with one attached hydrogen (secondary N) is 1. The lowest BCUT2D eigenvalue weighted by Gasteiger charge is -2.14. The van der Waals surface area contributed by atoms with Gasteiger partial charge in [0.05, 0.1) is 17.7 Å². The lowest BCUT2D eigenvalue weighted by Crippen LogP contribution is -2.13. The van der Waals surface area contributed by atoms with Crippen molar-refractivity contribution in [1.29, 1.82) is 5.26 Å². The minimum absolute atomic E-state index is 0.0144. The van der Waals surface area contributed by atoms with E-state index in [1.807, 2.05) is 32.0 Å². The first kappa shape index (κ1) is 22.0. The molecule has 2 rings (SSSR count). The largest absolute Gasteiger partial charge is 0.490 e. The first-order chi connectivity index (χ1) is 13.5. The Morgan fingerprint density at radius 3 is 2.50 bits per heavy atom. The van der Waals surface area contributed by atoms with Crippen LogP contribution in [0.15, 0.2) is 50.9 Å². The molecule has 0 unspecified atom stereocenters. The van der Waals surface area contributed by atoms with Crippen LogP contribution in [-0.2, 0) is 4.79 Å². The van der Waals surface area contributed by atoms with Gasteiger partial charge in [0.15, 0.2) is 11.5 Å². The highest BCUT2D eigenvalue weighted by Gasteiger charge is 2.14. The highest BCUT2D eigenvalue weighted by Crippen LogP contribution is 2.37. The Hall–Kier alpha value is -2.30. The summed E-state index contributed by atoms with van der Waals surface area (Å²) in [6, 6.07) is 12.6. The summed E-state index contributed by atoms with van der Waals surface area (Å²) >= 11 is 6.83. The smallest absolute Gasteiger partial charge is 0.266 e. The van der Waals surface area contributed by atoms with Crippen LogP contribution in [0.25, 0.3) is 6.08 Å². The predicted molar refractivity (Wildman–Crippen MR) is 117 cm³/mol. The highest BCUT2D eigenvalue weighted by molar-refractivity contribution is 9.10. The normalized spacial score (nSPS) is 10.9. The third-order valence-corrected chi connectivity index (χ3v) is 4.68. The SMILES string of the molecule is CCCOc1c(Br)cc(/C=C(\C#N)C(=O)Nc2ccc(Br)cc2)cc1OCC. The first-order valence-electron chi connectivity index (χ1n) is 8.76. The number of carbonyl (C=O) groups is 1. The Balaban J connectivity index is 2.30. The zero-order chi connectivity index (χ0) is 20.5. The first-order valence-corrected chi connectivity index (χ1v) is 10.3. The standard InChI is InChI=1S/C21H20Br2N2O3/c1-3-9-28-20-18(23)11-14(12-19(20)27-4-2)10-15(13-24)21(26)25-17-7-5-16(22)6-8-17/h5-8,10-12H,3-4,9H2,1-2H3,(H,25,26)/b15-10+. The van der Waals surface area contributed by atoms with Gasteiger partial charge in [-0.15, -0.1) is 0 Å². The van der Waals surface area contributed by atoms with Crippen molar-refractivity contribution in [2.75, 3.05) is 18.5 Å². The summed E-state index contributed by atoms with van der Waals surface area (Å²) in [5.74, 6) is 0.686. The third-order valence-electron chi connectivity index (χ3n) is 3.56. The van der Waals surface area contributed by atoms with Gasteiger partial charge in [-0.05, 0) is 77.3 Å². The van der Waals surface area contributed by atoms with Gasteiger partial charge in [-0.2, -0.15) is 5.26 Å². The quantitative estimate of drug-likeness (QED) is 0.354. The van der Waals surface area contributed by atoms with Crippen molar-refractivity contribution in [2.45, 2.75) is 20.3 Å². The van der Waals surface area contributed by atoms with E-state index in [0.29, 0.717) is 40.4 Å². The van der Waals surface area contributed by atoms with Crippen LogP contribution in [0.2, 0.25) is 0 Å². The molecule has 0 bridgehead atoms. The summed E-state index contributed by atoms with van der Waals surface area (Å²) in [7, 11) is 0. The van der Waals surface area contributed by atoms with E-state index in [2.05, 4.69) is 37.2 Å². The summed E-state index contributed by atoms with van der Waals surface area (Å²) in [5, 5.41) is 12.2. The summed E-state index contributed by atoms with van der Waals surface area (Å²) in [4.78, 5) is 12.5. The number of benzene rings is 2. The van der Waals surface area contributed by atoms with Gasteiger partial charge in [0.25, 0.3) is 5.91 Å². The van der Waals surface area contributed by atoms with Gasteiger partial charge in [-0.3, -0.25) is 4.79 Å². The van der Waals surface area contributed by atoms with Gasteiger partial charge in [-0.1, -0.05) is 22.9 Å². The van der Waals surface area contributed by atoms with E-state index in [1.165, 1.54) is 6.08 Å². The molecule has 0 saturated heterocycles. The van der Waals surface area contributed by atoms with E-state index < -0.39 is 5.91 Å². The fourth-order valence-corrected chi connectivity index (χ4v) is 3.16. The molecule has 0 aromatic heterocycles. The molecule has 0 aliphatic carbocycles. The number of nitriles is 1. The van der Waals surface area contributed by atoms with Crippen molar-refractivity contribution in [2.24, 2.45) is 0 Å². The van der Waals surface area contributed by atoms with Gasteiger partial charge >= 0.3 is 0 Å². The maximum Gasteiger partial charge on any atom is 0.266 e. The zero-order valence-corrected chi connectivity index (χ0v) is 18.8. The molecule has 2 aromatic carbocycles. The van der Waals surface area contributed by atoms with Crippen LogP contribution in [0.4, 0.5) is 5.69 Å². The van der Waals surface area contributed by atoms with Gasteiger partial charge in [0, 0.05) is 10.2 Å². The number of amides is 1. The number of hydrogen-bond acceptors (Lipinski definition) is 4. The van der Waals surface area contributed by atoms with E-state index in [1.54, 1.807) is 24.3 Å². The van der Waals surface area contributed by atoms with Crippen LogP contribution < -0.4 is 14.8 Å². The van der Waals surface area contributed by atoms with Gasteiger partial charge in [-0.25, -0.2) is 0 Å². The molecule has 1 amide bonds. The maximum atomic E-state index is 12.5. The molecular formula is C21H20Br2N2O3. The van der Waals surface area contributed by atoms with Crippen molar-refractivity contribution in [3.05, 3.63) is 56.5 Å². The second kappa shape index (κ2) is 10.9. The van der Waals surface area contributed by atoms with E-state index in [9.17, 15) is 10.1 Å². The van der Waals surface area contributed by atoms with Crippen LogP contribution in [0.3, 0.4) is 0 Å². The number of nitrogens with zero attached hydrogens (tertiary/aromatic N) is 1. The van der Waals surface area contributed by atoms with E-state index in [0.717, 1.165) is 10.9 Å². The summed E-state index contributed by atoms with van der Waals surface area (Å²) in [5.41, 5.74) is 1.25. The van der Waals surface area contributed by atoms with Gasteiger partial charge in [0.2, 0.25) is 0 Å². The number of carbonyl (C=O) groups excluding carboxylic acids is 1. The molecule has 7 heteroatoms. The molecule has 0 fully saturated rings. The number of rotatable bonds is 8. The molecule has 1 N–H and O–H groups in total. The van der Waals surface area contributed by atoms with Crippen molar-refractivity contribution < 1.29 is 14.3 Å². The maximum absolute atomic E-state index is 12.5. The Kier molecular flexibility index (Phi) is 8.55. The lowest BCUT2D eigenvalue weighted by atomic mass is 10.1. The Bertz CT molecular complexity index is 903. The van der Waals surface area contributed by atoms with Crippen molar-refractivity contribution in [3.8, 4) is 17.6 Å². The summed E-state index contributed by atoms with van der Waals surface area (Å²) < 4.78 is 13.0. The second-order valence-corrected chi connectivity index (χ2v) is 7.51. The Morgan fingerprint density at radius 1 is 1.18 bits per heavy atom. The van der Waals surface area contributed by atoms with Crippen LogP contribution in [0.5, 0.6) is 11.5 Å². The third kappa shape index (κ3) is 6.11. The molecule has 28 heavy (non-hydrogen) atoms. The van der Waals surface area contributed by atoms with Gasteiger partial charge in [0.1, 0.15) is 11.6 Å². The number of halogens is 2. The molecule has 5 nitrogen and oxygen atoms in total. The molecule has 0 spiro atoms. The summed E-state index contributed by atoms with van der Waals surface area (Å²) in [6.45, 7) is 4.94. The molecule has 0 saturated carbocycles. The molecule has 0 radical (unpaired) electrons. The number of anilines is 1. The van der Waals surface area contributed by atoms with Crippen molar-refractivity contribution in [3.63, 3.8) is 0 Å². The molecule has 0 aliphatic rings. The Labute approximate surface area is 181 Å². The van der Waals surface area contributed by atoms with E-state index in [-0.39, 0.29) is 5.57 Å². The van der Waals surface area contributed by atoms with Crippen molar-refractivity contribution >= 4 is 49.5 Å². The molecule has 2 aromatic rings. The van der Waals surface area contributed by atoms with E-state index in [4.69, 9.17) is 9.47 Å². The van der Waals surface area contributed by atoms with E-state index >= 15 is 0 Å². The molecule has 0 aliphatic heterocycles. The van der Waals surface area contributed by atoms with Crippen LogP contribution in [0.1, 0.15) is 25.8 Å². The minimum Gasteiger partial charge on any atom is -0.490 e. The fourth-order valence-electron chi connectivity index (χ4n) is 2.33.